The summed E-state index contributed by atoms with van der Waals surface area (Å²) in [5, 5.41) is 11.2. The van der Waals surface area contributed by atoms with Gasteiger partial charge in [-0.3, -0.25) is 4.79 Å². The molecule has 0 saturated carbocycles. The molecule has 8 heteroatoms. The van der Waals surface area contributed by atoms with E-state index in [1.54, 1.807) is 0 Å². The van der Waals surface area contributed by atoms with Gasteiger partial charge in [0.2, 0.25) is 0 Å². The van der Waals surface area contributed by atoms with Crippen LogP contribution in [0.4, 0.5) is 13.2 Å². The number of aliphatic carboxylic acids is 1. The number of carbonyl (C=O) groups excluding carboxylic acids is 1. The number of alkyl halides is 3. The average molecular weight is 319 g/mol. The van der Waals surface area contributed by atoms with E-state index in [-0.39, 0.29) is 24.2 Å². The summed E-state index contributed by atoms with van der Waals surface area (Å²) in [5.41, 5.74) is 0.230. The van der Waals surface area contributed by atoms with Crippen molar-refractivity contribution in [1.82, 2.24) is 5.32 Å². The molecule has 1 atom stereocenters. The highest BCUT2D eigenvalue weighted by Gasteiger charge is 2.28. The number of ether oxygens (including phenoxy) is 1. The molecule has 22 heavy (non-hydrogen) atoms. The Morgan fingerprint density at radius 3 is 2.50 bits per heavy atom. The Hall–Kier alpha value is -2.09. The van der Waals surface area contributed by atoms with Gasteiger partial charge in [0.1, 0.15) is 0 Å². The van der Waals surface area contributed by atoms with Crippen LogP contribution in [0, 0.1) is 0 Å². The third kappa shape index (κ3) is 5.72. The lowest BCUT2D eigenvalue weighted by atomic mass is 10.0. The summed E-state index contributed by atoms with van der Waals surface area (Å²) in [6, 6.07) is 4.51. The molecule has 0 saturated heterocycles. The number of hydrogen-bond donors (Lipinski definition) is 2. The third-order valence-electron chi connectivity index (χ3n) is 2.88. The first-order chi connectivity index (χ1) is 10.2. The van der Waals surface area contributed by atoms with Crippen LogP contribution >= 0.6 is 0 Å². The fourth-order valence-corrected chi connectivity index (χ4v) is 1.81. The second-order valence-electron chi connectivity index (χ2n) is 4.59. The number of nitrogens with one attached hydrogen (secondary N) is 1. The molecule has 1 rings (SSSR count). The Balaban J connectivity index is 2.86. The van der Waals surface area contributed by atoms with Crippen LogP contribution in [0.25, 0.3) is 0 Å². The van der Waals surface area contributed by atoms with Gasteiger partial charge in [0, 0.05) is 19.1 Å². The maximum absolute atomic E-state index is 12.3. The van der Waals surface area contributed by atoms with Crippen LogP contribution < -0.4 is 5.32 Å². The molecule has 5 nitrogen and oxygen atoms in total. The smallest absolute Gasteiger partial charge is 0.389 e. The zero-order valence-corrected chi connectivity index (χ0v) is 11.8. The minimum Gasteiger partial charge on any atom is -0.480 e. The Morgan fingerprint density at radius 1 is 1.32 bits per heavy atom. The number of halogens is 3. The van der Waals surface area contributed by atoms with E-state index in [4.69, 9.17) is 5.11 Å². The number of hydrogen-bond acceptors (Lipinski definition) is 3. The van der Waals surface area contributed by atoms with Crippen molar-refractivity contribution in [2.24, 2.45) is 0 Å². The topological polar surface area (TPSA) is 75.6 Å². The van der Waals surface area contributed by atoms with Crippen molar-refractivity contribution in [2.75, 3.05) is 13.7 Å². The molecule has 1 aromatic carbocycles. The molecule has 122 valence electrons. The van der Waals surface area contributed by atoms with E-state index in [0.717, 1.165) is 0 Å². The summed E-state index contributed by atoms with van der Waals surface area (Å²) >= 11 is 0. The van der Waals surface area contributed by atoms with Gasteiger partial charge >= 0.3 is 12.1 Å². The predicted molar refractivity (Wildman–Crippen MR) is 71.6 cm³/mol. The second kappa shape index (κ2) is 7.79. The van der Waals surface area contributed by atoms with Crippen molar-refractivity contribution >= 4 is 11.9 Å². The number of benzene rings is 1. The van der Waals surface area contributed by atoms with E-state index >= 15 is 0 Å². The van der Waals surface area contributed by atoms with Crippen LogP contribution in [-0.4, -0.2) is 42.9 Å². The van der Waals surface area contributed by atoms with Crippen molar-refractivity contribution in [1.29, 1.82) is 0 Å². The van der Waals surface area contributed by atoms with Crippen molar-refractivity contribution in [3.63, 3.8) is 0 Å². The summed E-state index contributed by atoms with van der Waals surface area (Å²) in [6.45, 7) is -0.244. The molecule has 0 aromatic heterocycles. The maximum Gasteiger partial charge on any atom is 0.389 e. The molecule has 0 heterocycles. The minimum absolute atomic E-state index is 0.0223. The van der Waals surface area contributed by atoms with E-state index in [1.807, 2.05) is 0 Å². The zero-order valence-electron chi connectivity index (χ0n) is 11.8. The largest absolute Gasteiger partial charge is 0.480 e. The van der Waals surface area contributed by atoms with Gasteiger partial charge in [-0.15, -0.1) is 0 Å². The van der Waals surface area contributed by atoms with E-state index in [9.17, 15) is 22.8 Å². The molecule has 0 spiro atoms. The van der Waals surface area contributed by atoms with Crippen molar-refractivity contribution < 1.29 is 32.6 Å². The van der Waals surface area contributed by atoms with E-state index in [0.29, 0.717) is 0 Å². The summed E-state index contributed by atoms with van der Waals surface area (Å²) in [7, 11) is 1.28. The molecule has 0 aliphatic heterocycles. The number of carboxylic acids is 1. The molecule has 1 aromatic rings. The molecule has 0 bridgehead atoms. The maximum atomic E-state index is 12.3. The Bertz CT molecular complexity index is 531. The molecular formula is C14H16F3NO4. The Kier molecular flexibility index (Phi) is 6.36. The van der Waals surface area contributed by atoms with Gasteiger partial charge in [0.05, 0.1) is 6.61 Å². The number of rotatable bonds is 7. The normalized spacial score (nSPS) is 12.7. The molecule has 1 unspecified atom stereocenters. The Morgan fingerprint density at radius 2 is 1.95 bits per heavy atom. The molecule has 0 fully saturated rings. The van der Waals surface area contributed by atoms with Crippen LogP contribution in [0.1, 0.15) is 22.3 Å². The standard InChI is InChI=1S/C14H16F3NO4/c1-22-8-11(13(20)21)18-12(19)10-5-3-2-4-9(10)6-7-14(15,16)17/h2-5,11H,6-8H2,1H3,(H,18,19)(H,20,21). The highest BCUT2D eigenvalue weighted by molar-refractivity contribution is 5.97. The lowest BCUT2D eigenvalue weighted by Crippen LogP contribution is -2.44. The fourth-order valence-electron chi connectivity index (χ4n) is 1.81. The molecule has 2 N–H and O–H groups in total. The zero-order chi connectivity index (χ0) is 16.8. The third-order valence-corrected chi connectivity index (χ3v) is 2.88. The highest BCUT2D eigenvalue weighted by Crippen LogP contribution is 2.23. The van der Waals surface area contributed by atoms with Crippen molar-refractivity contribution in [3.05, 3.63) is 35.4 Å². The van der Waals surface area contributed by atoms with Crippen LogP contribution in [0.15, 0.2) is 24.3 Å². The predicted octanol–water partition coefficient (Wildman–Crippen LogP) is 2.01. The van der Waals surface area contributed by atoms with Gasteiger partial charge in [0.25, 0.3) is 5.91 Å². The van der Waals surface area contributed by atoms with Crippen LogP contribution in [0.2, 0.25) is 0 Å². The number of carboxylic acid groups (broad SMARTS) is 1. The molecular weight excluding hydrogens is 303 g/mol. The van der Waals surface area contributed by atoms with E-state index in [2.05, 4.69) is 10.1 Å². The first-order valence-corrected chi connectivity index (χ1v) is 6.42. The first-order valence-electron chi connectivity index (χ1n) is 6.42. The number of carbonyl (C=O) groups is 2. The molecule has 0 radical (unpaired) electrons. The van der Waals surface area contributed by atoms with Gasteiger partial charge in [0.15, 0.2) is 6.04 Å². The fraction of sp³-hybridized carbons (Fsp3) is 0.429. The average Bonchev–Trinajstić information content (AvgIpc) is 2.44. The van der Waals surface area contributed by atoms with Gasteiger partial charge < -0.3 is 15.2 Å². The van der Waals surface area contributed by atoms with Gasteiger partial charge in [-0.05, 0) is 18.1 Å². The number of methoxy groups -OCH3 is 1. The summed E-state index contributed by atoms with van der Waals surface area (Å²) in [6.07, 6.45) is -5.74. The Labute approximate surface area is 125 Å². The number of amides is 1. The monoisotopic (exact) mass is 319 g/mol. The summed E-state index contributed by atoms with van der Waals surface area (Å²) < 4.78 is 41.6. The van der Waals surface area contributed by atoms with Crippen LogP contribution in [0.5, 0.6) is 0 Å². The van der Waals surface area contributed by atoms with Crippen LogP contribution in [-0.2, 0) is 16.0 Å². The van der Waals surface area contributed by atoms with Crippen molar-refractivity contribution in [2.45, 2.75) is 25.1 Å². The summed E-state index contributed by atoms with van der Waals surface area (Å²) in [5.74, 6) is -2.04. The quantitative estimate of drug-likeness (QED) is 0.806. The van der Waals surface area contributed by atoms with Gasteiger partial charge in [-0.25, -0.2) is 4.79 Å². The number of aryl methyl sites for hydroxylation is 1. The minimum atomic E-state index is -4.33. The lowest BCUT2D eigenvalue weighted by Gasteiger charge is -2.15. The van der Waals surface area contributed by atoms with Crippen LogP contribution in [0.3, 0.4) is 0 Å². The first kappa shape index (κ1) is 18.0. The lowest BCUT2D eigenvalue weighted by molar-refractivity contribution is -0.140. The molecule has 1 amide bonds. The summed E-state index contributed by atoms with van der Waals surface area (Å²) in [4.78, 5) is 23.0. The van der Waals surface area contributed by atoms with Gasteiger partial charge in [-0.1, -0.05) is 18.2 Å². The van der Waals surface area contributed by atoms with Crippen molar-refractivity contribution in [3.8, 4) is 0 Å². The molecule has 0 aliphatic carbocycles. The highest BCUT2D eigenvalue weighted by atomic mass is 19.4. The SMILES string of the molecule is COCC(NC(=O)c1ccccc1CCC(F)(F)F)C(=O)O. The van der Waals surface area contributed by atoms with E-state index < -0.39 is 30.5 Å². The second-order valence-corrected chi connectivity index (χ2v) is 4.59. The van der Waals surface area contributed by atoms with E-state index in [1.165, 1.54) is 31.4 Å². The van der Waals surface area contributed by atoms with Gasteiger partial charge in [-0.2, -0.15) is 13.2 Å². The molecule has 0 aliphatic rings.